The van der Waals surface area contributed by atoms with E-state index in [-0.39, 0.29) is 46.7 Å². The molecule has 0 saturated heterocycles. The number of methoxy groups -OCH3 is 1. The smallest absolute Gasteiger partial charge is 0.774 e. The zero-order valence-electron chi connectivity index (χ0n) is 14.7. The molecule has 26 heavy (non-hydrogen) atoms. The van der Waals surface area contributed by atoms with Crippen LogP contribution in [-0.2, 0) is 22.7 Å². The van der Waals surface area contributed by atoms with Crippen molar-refractivity contribution in [1.29, 1.82) is 0 Å². The summed E-state index contributed by atoms with van der Waals surface area (Å²) in [5.41, 5.74) is 2.12. The van der Waals surface area contributed by atoms with E-state index in [4.69, 9.17) is 4.74 Å². The summed E-state index contributed by atoms with van der Waals surface area (Å²) in [7, 11) is -5.08. The molecular weight excluding hydrogens is 403 g/mol. The maximum Gasteiger partial charge on any atom is 1.00 e. The minimum absolute atomic E-state index is 0. The van der Waals surface area contributed by atoms with E-state index in [0.717, 1.165) is 33.5 Å². The van der Waals surface area contributed by atoms with Gasteiger partial charge in [0.25, 0.3) is 5.69 Å². The molecule has 0 spiro atoms. The average molecular weight is 419 g/mol. The number of nitrogens with zero attached hydrogens (tertiary/aromatic N) is 2. The predicted molar refractivity (Wildman–Crippen MR) is 86.9 cm³/mol. The molecule has 0 aliphatic rings. The second-order valence-electron chi connectivity index (χ2n) is 4.21. The fourth-order valence-electron chi connectivity index (χ4n) is 1.59. The number of nitrogens with one attached hydrogen (secondary N) is 1. The van der Waals surface area contributed by atoms with E-state index in [1.807, 2.05) is 0 Å². The van der Waals surface area contributed by atoms with Gasteiger partial charge in [0.1, 0.15) is 0 Å². The Morgan fingerprint density at radius 2 is 1.73 bits per heavy atom. The molecule has 140 valence electrons. The molecule has 0 aliphatic carbocycles. The first-order valence-electron chi connectivity index (χ1n) is 6.40. The summed E-state index contributed by atoms with van der Waals surface area (Å²) in [6, 6.07) is 3.46. The van der Waals surface area contributed by atoms with Gasteiger partial charge in [-0.05, 0) is 6.07 Å². The Kier molecular flexibility index (Phi) is 10.2. The predicted octanol–water partition coefficient (Wildman–Crippen LogP) is -1.02. The molecule has 12 nitrogen and oxygen atoms in total. The largest absolute Gasteiger partial charge is 1.00 e. The summed E-state index contributed by atoms with van der Waals surface area (Å²) in [6.45, 7) is 0. The van der Waals surface area contributed by atoms with E-state index in [1.165, 1.54) is 13.2 Å². The SMILES string of the molecule is COc1cc([N+](=O)[O-])ccc1NN=C(P(=O)([O-])OC)P(=O)(OC)OC.[Na+]. The molecule has 0 bridgehead atoms. The van der Waals surface area contributed by atoms with Crippen molar-refractivity contribution in [2.75, 3.05) is 33.9 Å². The zero-order valence-corrected chi connectivity index (χ0v) is 18.5. The van der Waals surface area contributed by atoms with E-state index >= 15 is 0 Å². The first kappa shape index (κ1) is 25.2. The Hall–Kier alpha value is -0.810. The molecule has 1 aromatic rings. The normalized spacial score (nSPS) is 14.1. The van der Waals surface area contributed by atoms with Crippen molar-refractivity contribution in [3.63, 3.8) is 0 Å². The maximum atomic E-state index is 12.4. The molecule has 0 fully saturated rings. The van der Waals surface area contributed by atoms with Crippen LogP contribution in [0, 0.1) is 10.1 Å². The van der Waals surface area contributed by atoms with Gasteiger partial charge in [0.15, 0.2) is 13.3 Å². The van der Waals surface area contributed by atoms with E-state index in [0.29, 0.717) is 0 Å². The second-order valence-corrected chi connectivity index (χ2v) is 8.49. The Balaban J connectivity index is 0.00000625. The van der Waals surface area contributed by atoms with Crippen molar-refractivity contribution in [1.82, 2.24) is 0 Å². The number of nitro groups is 1. The summed E-state index contributed by atoms with van der Waals surface area (Å²) < 4.78 is 42.9. The molecule has 1 unspecified atom stereocenters. The molecule has 1 atom stereocenters. The Morgan fingerprint density at radius 3 is 2.15 bits per heavy atom. The van der Waals surface area contributed by atoms with E-state index in [9.17, 15) is 24.1 Å². The van der Waals surface area contributed by atoms with Crippen LogP contribution in [0.4, 0.5) is 11.4 Å². The van der Waals surface area contributed by atoms with E-state index in [1.54, 1.807) is 0 Å². The van der Waals surface area contributed by atoms with Crippen molar-refractivity contribution in [2.24, 2.45) is 5.10 Å². The number of hydrazone groups is 1. The summed E-state index contributed by atoms with van der Waals surface area (Å²) in [5.74, 6) is 0.000106. The van der Waals surface area contributed by atoms with Crippen LogP contribution in [-0.4, -0.2) is 38.6 Å². The monoisotopic (exact) mass is 419 g/mol. The number of nitro benzene ring substituents is 1. The van der Waals surface area contributed by atoms with Crippen molar-refractivity contribution < 1.29 is 66.8 Å². The minimum atomic E-state index is -4.85. The van der Waals surface area contributed by atoms with Gasteiger partial charge in [-0.25, -0.2) is 0 Å². The van der Waals surface area contributed by atoms with Crippen LogP contribution in [0.3, 0.4) is 0 Å². The molecule has 0 aliphatic heterocycles. The molecular formula is C11H16N3NaO9P2. The molecule has 15 heteroatoms. The quantitative estimate of drug-likeness (QED) is 0.172. The van der Waals surface area contributed by atoms with Crippen LogP contribution >= 0.6 is 15.2 Å². The Labute approximate surface area is 171 Å². The fourth-order valence-corrected chi connectivity index (χ4v) is 4.51. The van der Waals surface area contributed by atoms with Crippen LogP contribution in [0.25, 0.3) is 0 Å². The summed E-state index contributed by atoms with van der Waals surface area (Å²) in [5, 5.41) is 13.3. The number of anilines is 1. The number of hydrogen-bond acceptors (Lipinski definition) is 11. The molecule has 0 saturated carbocycles. The standard InChI is InChI=1S/C11H17N3O9P2.Na/c1-20-10-7-8(14(15)16)5-6-9(10)12-13-11(24(17,18)21-2)25(19,22-3)23-4;/h5-7,12H,1-4H3,(H,17,18);/q;+1/p-1. The zero-order chi connectivity index (χ0) is 19.3. The van der Waals surface area contributed by atoms with Crippen LogP contribution in [0.1, 0.15) is 0 Å². The molecule has 0 aromatic heterocycles. The van der Waals surface area contributed by atoms with Crippen molar-refractivity contribution >= 4 is 31.8 Å². The minimum Gasteiger partial charge on any atom is -0.774 e. The van der Waals surface area contributed by atoms with E-state index < -0.39 is 25.3 Å². The molecule has 0 amide bonds. The third kappa shape index (κ3) is 5.85. The summed E-state index contributed by atoms with van der Waals surface area (Å²) >= 11 is 0. The van der Waals surface area contributed by atoms with Crippen LogP contribution in [0.5, 0.6) is 5.75 Å². The molecule has 0 radical (unpaired) electrons. The maximum absolute atomic E-state index is 12.4. The average Bonchev–Trinajstić information content (AvgIpc) is 2.61. The van der Waals surface area contributed by atoms with Gasteiger partial charge in [-0.3, -0.25) is 20.1 Å². The second kappa shape index (κ2) is 10.5. The van der Waals surface area contributed by atoms with Gasteiger partial charge >= 0.3 is 37.2 Å². The number of ether oxygens (including phenoxy) is 1. The van der Waals surface area contributed by atoms with Gasteiger partial charge in [0.05, 0.1) is 23.8 Å². The van der Waals surface area contributed by atoms with Gasteiger partial charge in [-0.15, -0.1) is 0 Å². The summed E-state index contributed by atoms with van der Waals surface area (Å²) in [4.78, 5) is 22.1. The summed E-state index contributed by atoms with van der Waals surface area (Å²) in [6.07, 6.45) is 0. The number of rotatable bonds is 9. The fraction of sp³-hybridized carbons (Fsp3) is 0.364. The van der Waals surface area contributed by atoms with Gasteiger partial charge in [-0.2, -0.15) is 5.10 Å². The first-order valence-corrected chi connectivity index (χ1v) is 9.49. The van der Waals surface area contributed by atoms with Gasteiger partial charge in [0.2, 0.25) is 5.19 Å². The topological polar surface area (TPSA) is 162 Å². The molecule has 1 rings (SSSR count). The van der Waals surface area contributed by atoms with Crippen molar-refractivity contribution in [3.8, 4) is 5.75 Å². The number of non-ortho nitro benzene ring substituents is 1. The third-order valence-corrected chi connectivity index (χ3v) is 6.97. The van der Waals surface area contributed by atoms with Gasteiger partial charge < -0.3 is 27.8 Å². The first-order chi connectivity index (χ1) is 11.6. The molecule has 1 aromatic carbocycles. The Bertz CT molecular complexity index is 765. The van der Waals surface area contributed by atoms with Gasteiger partial charge in [-0.1, -0.05) is 0 Å². The van der Waals surface area contributed by atoms with Gasteiger partial charge in [0, 0.05) is 27.4 Å². The third-order valence-electron chi connectivity index (χ3n) is 2.88. The van der Waals surface area contributed by atoms with Crippen LogP contribution in [0.2, 0.25) is 0 Å². The number of benzene rings is 1. The van der Waals surface area contributed by atoms with E-state index in [2.05, 4.69) is 24.1 Å². The van der Waals surface area contributed by atoms with Crippen molar-refractivity contribution in [3.05, 3.63) is 28.3 Å². The van der Waals surface area contributed by atoms with Crippen LogP contribution in [0.15, 0.2) is 23.3 Å². The molecule has 1 N–H and O–H groups in total. The molecule has 0 heterocycles. The van der Waals surface area contributed by atoms with Crippen molar-refractivity contribution in [2.45, 2.75) is 0 Å². The Morgan fingerprint density at radius 1 is 1.15 bits per heavy atom. The number of hydrogen-bond donors (Lipinski definition) is 1. The van der Waals surface area contributed by atoms with Crippen LogP contribution < -0.4 is 44.6 Å².